The molecule has 2 aromatic carbocycles. The van der Waals surface area contributed by atoms with Gasteiger partial charge in [-0.2, -0.15) is 0 Å². The zero-order valence-electron chi connectivity index (χ0n) is 13.9. The summed E-state index contributed by atoms with van der Waals surface area (Å²) in [5.74, 6) is 1.79. The fourth-order valence-corrected chi connectivity index (χ4v) is 4.50. The number of piperidine rings is 1. The summed E-state index contributed by atoms with van der Waals surface area (Å²) >= 11 is 0. The number of hydrogen-bond acceptors (Lipinski definition) is 5. The maximum Gasteiger partial charge on any atom is 0.261 e. The zero-order chi connectivity index (χ0) is 17.4. The SMILES string of the molecule is COc1ccc(S(=O)(=O)Nc2ccc3c(c2)C2CCNCC2O3)cc1. The Labute approximate surface area is 147 Å². The molecular weight excluding hydrogens is 340 g/mol. The minimum absolute atomic E-state index is 0.136. The van der Waals surface area contributed by atoms with Crippen molar-refractivity contribution in [3.63, 3.8) is 0 Å². The van der Waals surface area contributed by atoms with E-state index in [-0.39, 0.29) is 11.0 Å². The van der Waals surface area contributed by atoms with Crippen LogP contribution in [0.3, 0.4) is 0 Å². The molecule has 0 radical (unpaired) electrons. The van der Waals surface area contributed by atoms with Crippen LogP contribution in [0.1, 0.15) is 17.9 Å². The molecule has 0 amide bonds. The largest absolute Gasteiger partial charge is 0.497 e. The molecule has 0 saturated carbocycles. The highest BCUT2D eigenvalue weighted by Crippen LogP contribution is 2.42. The highest BCUT2D eigenvalue weighted by atomic mass is 32.2. The molecule has 2 aliphatic rings. The van der Waals surface area contributed by atoms with Gasteiger partial charge in [-0.05, 0) is 55.4 Å². The topological polar surface area (TPSA) is 76.7 Å². The van der Waals surface area contributed by atoms with Crippen molar-refractivity contribution in [3.8, 4) is 11.5 Å². The van der Waals surface area contributed by atoms with Crippen molar-refractivity contribution in [1.82, 2.24) is 5.32 Å². The molecule has 7 heteroatoms. The van der Waals surface area contributed by atoms with Crippen LogP contribution in [0.5, 0.6) is 11.5 Å². The summed E-state index contributed by atoms with van der Waals surface area (Å²) in [6.45, 7) is 1.78. The number of ether oxygens (including phenoxy) is 2. The van der Waals surface area contributed by atoms with Crippen molar-refractivity contribution in [2.45, 2.75) is 23.3 Å². The predicted molar refractivity (Wildman–Crippen MR) is 94.9 cm³/mol. The molecule has 0 aromatic heterocycles. The maximum absolute atomic E-state index is 12.6. The Hall–Kier alpha value is -2.25. The van der Waals surface area contributed by atoms with Crippen molar-refractivity contribution in [3.05, 3.63) is 48.0 Å². The van der Waals surface area contributed by atoms with E-state index >= 15 is 0 Å². The summed E-state index contributed by atoms with van der Waals surface area (Å²) in [6, 6.07) is 11.8. The lowest BCUT2D eigenvalue weighted by Crippen LogP contribution is -2.39. The zero-order valence-corrected chi connectivity index (χ0v) is 14.7. The summed E-state index contributed by atoms with van der Waals surface area (Å²) in [5.41, 5.74) is 1.64. The molecule has 0 bridgehead atoms. The number of methoxy groups -OCH3 is 1. The van der Waals surface area contributed by atoms with Gasteiger partial charge < -0.3 is 14.8 Å². The Kier molecular flexibility index (Phi) is 4.05. The Morgan fingerprint density at radius 3 is 2.76 bits per heavy atom. The molecule has 2 atom stereocenters. The Morgan fingerprint density at radius 2 is 2.00 bits per heavy atom. The fraction of sp³-hybridized carbons (Fsp3) is 0.333. The van der Waals surface area contributed by atoms with Crippen LogP contribution < -0.4 is 19.5 Å². The van der Waals surface area contributed by atoms with Gasteiger partial charge in [0.15, 0.2) is 0 Å². The van der Waals surface area contributed by atoms with E-state index in [2.05, 4.69) is 10.0 Å². The number of anilines is 1. The van der Waals surface area contributed by atoms with Gasteiger partial charge in [0.2, 0.25) is 0 Å². The number of benzene rings is 2. The minimum atomic E-state index is -3.64. The number of nitrogens with one attached hydrogen (secondary N) is 2. The third kappa shape index (κ3) is 3.05. The molecule has 2 unspecified atom stereocenters. The van der Waals surface area contributed by atoms with Gasteiger partial charge >= 0.3 is 0 Å². The van der Waals surface area contributed by atoms with Crippen LogP contribution in [0.25, 0.3) is 0 Å². The second-order valence-electron chi connectivity index (χ2n) is 6.29. The van der Waals surface area contributed by atoms with Crippen LogP contribution in [-0.4, -0.2) is 34.7 Å². The molecule has 1 saturated heterocycles. The molecular formula is C18H20N2O4S. The second kappa shape index (κ2) is 6.24. The van der Waals surface area contributed by atoms with Crippen LogP contribution in [0.4, 0.5) is 5.69 Å². The van der Waals surface area contributed by atoms with Crippen LogP contribution in [0.2, 0.25) is 0 Å². The average Bonchev–Trinajstić information content (AvgIpc) is 2.99. The van der Waals surface area contributed by atoms with E-state index in [1.807, 2.05) is 12.1 Å². The van der Waals surface area contributed by atoms with Gasteiger partial charge in [-0.3, -0.25) is 4.72 Å². The molecule has 0 aliphatic carbocycles. The number of sulfonamides is 1. The van der Waals surface area contributed by atoms with E-state index in [1.54, 1.807) is 25.3 Å². The van der Waals surface area contributed by atoms with E-state index in [4.69, 9.17) is 9.47 Å². The first kappa shape index (κ1) is 16.2. The predicted octanol–water partition coefficient (Wildman–Crippen LogP) is 2.33. The molecule has 6 nitrogen and oxygen atoms in total. The molecule has 2 heterocycles. The van der Waals surface area contributed by atoms with E-state index in [9.17, 15) is 8.42 Å². The van der Waals surface area contributed by atoms with Crippen LogP contribution >= 0.6 is 0 Å². The molecule has 2 aromatic rings. The standard InChI is InChI=1S/C18H20N2O4S/c1-23-13-3-5-14(6-4-13)25(21,22)20-12-2-7-17-16(10-12)15-8-9-19-11-18(15)24-17/h2-7,10,15,18-20H,8-9,11H2,1H3. The lowest BCUT2D eigenvalue weighted by molar-refractivity contribution is 0.177. The van der Waals surface area contributed by atoms with E-state index in [1.165, 1.54) is 12.1 Å². The number of rotatable bonds is 4. The first-order chi connectivity index (χ1) is 12.1. The summed E-state index contributed by atoms with van der Waals surface area (Å²) in [7, 11) is -2.10. The number of fused-ring (bicyclic) bond motifs is 3. The molecule has 132 valence electrons. The molecule has 2 aliphatic heterocycles. The Balaban J connectivity index is 1.59. The minimum Gasteiger partial charge on any atom is -0.497 e. The monoisotopic (exact) mass is 360 g/mol. The highest BCUT2D eigenvalue weighted by Gasteiger charge is 2.36. The van der Waals surface area contributed by atoms with Crippen molar-refractivity contribution in [1.29, 1.82) is 0 Å². The van der Waals surface area contributed by atoms with Gasteiger partial charge in [0.05, 0.1) is 12.0 Å². The summed E-state index contributed by atoms with van der Waals surface area (Å²) in [6.07, 6.45) is 1.13. The van der Waals surface area contributed by atoms with Gasteiger partial charge in [-0.15, -0.1) is 0 Å². The van der Waals surface area contributed by atoms with Crippen molar-refractivity contribution < 1.29 is 17.9 Å². The summed E-state index contributed by atoms with van der Waals surface area (Å²) < 4.78 is 38.9. The van der Waals surface area contributed by atoms with Crippen LogP contribution in [-0.2, 0) is 10.0 Å². The van der Waals surface area contributed by atoms with Gasteiger partial charge in [-0.25, -0.2) is 8.42 Å². The number of hydrogen-bond donors (Lipinski definition) is 2. The lowest BCUT2D eigenvalue weighted by Gasteiger charge is -2.24. The van der Waals surface area contributed by atoms with Gasteiger partial charge in [0, 0.05) is 23.7 Å². The average molecular weight is 360 g/mol. The van der Waals surface area contributed by atoms with Gasteiger partial charge in [-0.1, -0.05) is 0 Å². The third-order valence-corrected chi connectivity index (χ3v) is 6.13. The molecule has 0 spiro atoms. The molecule has 1 fully saturated rings. The van der Waals surface area contributed by atoms with Gasteiger partial charge in [0.25, 0.3) is 10.0 Å². The first-order valence-corrected chi connectivity index (χ1v) is 9.73. The smallest absolute Gasteiger partial charge is 0.261 e. The molecule has 4 rings (SSSR count). The fourth-order valence-electron chi connectivity index (χ4n) is 3.45. The quantitative estimate of drug-likeness (QED) is 0.875. The van der Waals surface area contributed by atoms with E-state index < -0.39 is 10.0 Å². The molecule has 2 N–H and O–H groups in total. The molecule has 25 heavy (non-hydrogen) atoms. The van der Waals surface area contributed by atoms with Crippen LogP contribution in [0, 0.1) is 0 Å². The second-order valence-corrected chi connectivity index (χ2v) is 7.97. The summed E-state index contributed by atoms with van der Waals surface area (Å²) in [5, 5.41) is 3.33. The Morgan fingerprint density at radius 1 is 1.20 bits per heavy atom. The van der Waals surface area contributed by atoms with E-state index in [0.717, 1.165) is 30.8 Å². The highest BCUT2D eigenvalue weighted by molar-refractivity contribution is 7.92. The normalized spacial score (nSPS) is 21.8. The van der Waals surface area contributed by atoms with Gasteiger partial charge in [0.1, 0.15) is 17.6 Å². The Bertz CT molecular complexity index is 880. The maximum atomic E-state index is 12.6. The first-order valence-electron chi connectivity index (χ1n) is 8.25. The van der Waals surface area contributed by atoms with Crippen molar-refractivity contribution in [2.24, 2.45) is 0 Å². The third-order valence-electron chi connectivity index (χ3n) is 4.74. The van der Waals surface area contributed by atoms with Crippen molar-refractivity contribution in [2.75, 3.05) is 24.9 Å². The van der Waals surface area contributed by atoms with E-state index in [0.29, 0.717) is 17.4 Å². The lowest BCUT2D eigenvalue weighted by atomic mass is 9.89. The van der Waals surface area contributed by atoms with Crippen molar-refractivity contribution >= 4 is 15.7 Å². The van der Waals surface area contributed by atoms with Crippen LogP contribution in [0.15, 0.2) is 47.4 Å². The summed E-state index contributed by atoms with van der Waals surface area (Å²) in [4.78, 5) is 0.199.